The monoisotopic (exact) mass is 803 g/mol. The van der Waals surface area contributed by atoms with Crippen LogP contribution in [-0.4, -0.2) is 40.5 Å². The lowest BCUT2D eigenvalue weighted by molar-refractivity contribution is -0.138. The minimum atomic E-state index is -4.26. The van der Waals surface area contributed by atoms with E-state index in [-0.39, 0.29) is 23.0 Å². The molecular formula is C45H65N5O4S2. The van der Waals surface area contributed by atoms with Crippen molar-refractivity contribution in [1.82, 2.24) is 15.0 Å². The molecule has 1 aromatic carbocycles. The van der Waals surface area contributed by atoms with Crippen LogP contribution in [0.2, 0.25) is 0 Å². The summed E-state index contributed by atoms with van der Waals surface area (Å²) in [5.74, 6) is -0.719. The van der Waals surface area contributed by atoms with Crippen molar-refractivity contribution in [1.29, 1.82) is 0 Å². The molecule has 0 aliphatic heterocycles. The third-order valence-corrected chi connectivity index (χ3v) is 13.6. The molecule has 9 nitrogen and oxygen atoms in total. The number of pyridine rings is 2. The number of hydrogen-bond donors (Lipinski definition) is 3. The van der Waals surface area contributed by atoms with Gasteiger partial charge in [-0.1, -0.05) is 172 Å². The van der Waals surface area contributed by atoms with Crippen molar-refractivity contribution in [3.63, 3.8) is 0 Å². The van der Waals surface area contributed by atoms with Crippen LogP contribution < -0.4 is 11.1 Å². The number of anilines is 1. The number of thiazole rings is 1. The van der Waals surface area contributed by atoms with Gasteiger partial charge < -0.3 is 16.2 Å². The average molecular weight is 804 g/mol. The Bertz CT molecular complexity index is 1770. The number of rotatable bonds is 30. The molecule has 4 aromatic rings. The number of hydrogen-bond acceptors (Lipinski definition) is 9. The van der Waals surface area contributed by atoms with Gasteiger partial charge in [0, 0.05) is 29.8 Å². The molecule has 56 heavy (non-hydrogen) atoms. The van der Waals surface area contributed by atoms with Crippen LogP contribution in [0.25, 0.3) is 10.6 Å². The van der Waals surface area contributed by atoms with Crippen LogP contribution >= 0.6 is 11.3 Å². The van der Waals surface area contributed by atoms with Crippen molar-refractivity contribution in [3.05, 3.63) is 89.7 Å². The summed E-state index contributed by atoms with van der Waals surface area (Å²) in [6, 6.07) is 16.2. The predicted molar refractivity (Wildman–Crippen MR) is 230 cm³/mol. The lowest BCUT2D eigenvalue weighted by atomic mass is 10.0. The third-order valence-electron chi connectivity index (χ3n) is 10.6. The van der Waals surface area contributed by atoms with Gasteiger partial charge in [0.2, 0.25) is 9.84 Å². The smallest absolute Gasteiger partial charge is 0.326 e. The van der Waals surface area contributed by atoms with Gasteiger partial charge in [-0.3, -0.25) is 0 Å². The van der Waals surface area contributed by atoms with E-state index in [2.05, 4.69) is 27.2 Å². The van der Waals surface area contributed by atoms with Gasteiger partial charge in [-0.15, -0.1) is 11.3 Å². The minimum Gasteiger partial charge on any atom is -0.480 e. The van der Waals surface area contributed by atoms with Crippen LogP contribution in [0.1, 0.15) is 153 Å². The number of unbranched alkanes of at least 4 members (excludes halogenated alkanes) is 19. The van der Waals surface area contributed by atoms with Gasteiger partial charge in [0.05, 0.1) is 5.69 Å². The highest BCUT2D eigenvalue weighted by atomic mass is 32.2. The largest absolute Gasteiger partial charge is 0.480 e. The van der Waals surface area contributed by atoms with Crippen LogP contribution in [0.5, 0.6) is 0 Å². The van der Waals surface area contributed by atoms with Crippen LogP contribution in [0.3, 0.4) is 0 Å². The van der Waals surface area contributed by atoms with E-state index in [1.165, 1.54) is 133 Å². The molecule has 0 saturated carbocycles. The second-order valence-electron chi connectivity index (χ2n) is 15.2. The van der Waals surface area contributed by atoms with Gasteiger partial charge in [0.1, 0.15) is 16.9 Å². The van der Waals surface area contributed by atoms with Crippen LogP contribution in [0, 0.1) is 0 Å². The highest BCUT2D eigenvalue weighted by Crippen LogP contribution is 2.34. The second kappa shape index (κ2) is 24.9. The summed E-state index contributed by atoms with van der Waals surface area (Å²) in [5.41, 5.74) is 8.63. The van der Waals surface area contributed by atoms with Crippen molar-refractivity contribution in [2.75, 3.05) is 5.32 Å². The zero-order chi connectivity index (χ0) is 39.9. The predicted octanol–water partition coefficient (Wildman–Crippen LogP) is 11.5. The third kappa shape index (κ3) is 14.7. The van der Waals surface area contributed by atoms with E-state index in [4.69, 9.17) is 5.73 Å². The van der Waals surface area contributed by atoms with Crippen LogP contribution in [0.15, 0.2) is 83.5 Å². The summed E-state index contributed by atoms with van der Waals surface area (Å²) < 4.78 is 28.4. The Balaban J connectivity index is 1.21. The Kier molecular flexibility index (Phi) is 20.0. The van der Waals surface area contributed by atoms with Crippen molar-refractivity contribution >= 4 is 33.0 Å². The highest BCUT2D eigenvalue weighted by molar-refractivity contribution is 7.92. The molecule has 11 heteroatoms. The van der Waals surface area contributed by atoms with Gasteiger partial charge in [-0.25, -0.2) is 28.2 Å². The molecule has 3 heterocycles. The van der Waals surface area contributed by atoms with Crippen LogP contribution in [0.4, 0.5) is 5.82 Å². The van der Waals surface area contributed by atoms with Gasteiger partial charge in [-0.05, 0) is 36.2 Å². The lowest BCUT2D eigenvalue weighted by Crippen LogP contribution is -2.48. The molecule has 2 atom stereocenters. The number of aliphatic carboxylic acids is 1. The molecule has 0 amide bonds. The molecule has 3 aromatic heterocycles. The molecule has 2 unspecified atom stereocenters. The lowest BCUT2D eigenvalue weighted by Gasteiger charge is -2.29. The van der Waals surface area contributed by atoms with Gasteiger partial charge in [-0.2, -0.15) is 0 Å². The molecule has 4 rings (SSSR count). The molecule has 0 aliphatic rings. The number of aromatic nitrogens is 3. The first-order chi connectivity index (χ1) is 27.2. The second-order valence-corrected chi connectivity index (χ2v) is 18.3. The number of carbonyl (C=O) groups is 1. The SMILES string of the molecule is CCCCCCCCCCCCCCCCCCCCCCC(Nc1cccc(C(N)(Cc2ccc(-c3nccs3)cc2)S(=O)(=O)c2ccccn2)n1)C(=O)O. The summed E-state index contributed by atoms with van der Waals surface area (Å²) in [6.07, 6.45) is 29.4. The number of nitrogens with zero attached hydrogens (tertiary/aromatic N) is 3. The Hall–Kier alpha value is -3.67. The Morgan fingerprint density at radius 2 is 1.30 bits per heavy atom. The first-order valence-corrected chi connectivity index (χ1v) is 23.5. The Labute approximate surface area is 340 Å². The van der Waals surface area contributed by atoms with Crippen LogP contribution in [-0.2, 0) is 25.9 Å². The van der Waals surface area contributed by atoms with E-state index in [1.54, 1.807) is 36.5 Å². The molecule has 0 bridgehead atoms. The van der Waals surface area contributed by atoms with Gasteiger partial charge >= 0.3 is 5.97 Å². The molecular weight excluding hydrogens is 739 g/mol. The van der Waals surface area contributed by atoms with Gasteiger partial charge in [0.25, 0.3) is 0 Å². The maximum Gasteiger partial charge on any atom is 0.326 e. The number of carboxylic acids is 1. The minimum absolute atomic E-state index is 0.0811. The van der Waals surface area contributed by atoms with E-state index in [9.17, 15) is 18.3 Å². The number of carboxylic acid groups (broad SMARTS) is 1. The molecule has 0 aliphatic carbocycles. The first-order valence-electron chi connectivity index (χ1n) is 21.1. The molecule has 0 fully saturated rings. The number of nitrogens with one attached hydrogen (secondary N) is 1. The normalized spacial score (nSPS) is 13.3. The quantitative estimate of drug-likeness (QED) is 0.0438. The van der Waals surface area contributed by atoms with E-state index in [1.807, 2.05) is 29.6 Å². The van der Waals surface area contributed by atoms with E-state index in [0.29, 0.717) is 12.0 Å². The first kappa shape index (κ1) is 45.0. The summed E-state index contributed by atoms with van der Waals surface area (Å²) >= 11 is 1.52. The fraction of sp³-hybridized carbons (Fsp3) is 0.556. The summed E-state index contributed by atoms with van der Waals surface area (Å²) in [4.78, 5) is 23.4. The summed E-state index contributed by atoms with van der Waals surface area (Å²) in [7, 11) is -4.26. The molecule has 0 spiro atoms. The maximum absolute atomic E-state index is 14.2. The summed E-state index contributed by atoms with van der Waals surface area (Å²) in [5, 5.41) is 15.7. The van der Waals surface area contributed by atoms with Crippen molar-refractivity contribution < 1.29 is 18.3 Å². The summed E-state index contributed by atoms with van der Waals surface area (Å²) in [6.45, 7) is 2.28. The highest BCUT2D eigenvalue weighted by Gasteiger charge is 2.45. The number of sulfone groups is 1. The maximum atomic E-state index is 14.2. The van der Waals surface area contributed by atoms with Crippen molar-refractivity contribution in [2.24, 2.45) is 5.73 Å². The number of benzene rings is 1. The Morgan fingerprint density at radius 1 is 0.732 bits per heavy atom. The van der Waals surface area contributed by atoms with Gasteiger partial charge in [0.15, 0.2) is 9.90 Å². The standard InChI is InChI=1S/C45H65N5O4S2/c1-2-3-4-5-6-7-8-9-10-11-12-13-14-15-16-17-18-19-20-21-25-39(44(51)52)49-41-27-24-26-40(50-41)45(46,56(53,54)42-28-22-23-33-47-42)36-37-29-31-38(32-30-37)43-48-34-35-55-43/h22-24,26-35,39H,2-21,25,36,46H2,1H3,(H,49,50)(H,51,52). The van der Waals surface area contributed by atoms with E-state index in [0.717, 1.165) is 29.8 Å². The van der Waals surface area contributed by atoms with E-state index < -0.39 is 26.7 Å². The fourth-order valence-corrected chi connectivity index (χ4v) is 9.46. The molecule has 0 saturated heterocycles. The zero-order valence-electron chi connectivity index (χ0n) is 33.5. The van der Waals surface area contributed by atoms with Crippen molar-refractivity contribution in [2.45, 2.75) is 164 Å². The van der Waals surface area contributed by atoms with E-state index >= 15 is 0 Å². The topological polar surface area (TPSA) is 148 Å². The molecule has 0 radical (unpaired) electrons. The molecule has 306 valence electrons. The zero-order valence-corrected chi connectivity index (χ0v) is 35.2. The fourth-order valence-electron chi connectivity index (χ4n) is 7.24. The van der Waals surface area contributed by atoms with Crippen molar-refractivity contribution in [3.8, 4) is 10.6 Å². The molecule has 4 N–H and O–H groups in total. The number of nitrogens with two attached hydrogens (primary N) is 1. The Morgan fingerprint density at radius 3 is 1.80 bits per heavy atom. The average Bonchev–Trinajstić information content (AvgIpc) is 3.76.